The van der Waals surface area contributed by atoms with Gasteiger partial charge in [0.2, 0.25) is 5.09 Å². The van der Waals surface area contributed by atoms with Crippen LogP contribution in [0.2, 0.25) is 0 Å². The third-order valence-corrected chi connectivity index (χ3v) is 4.62. The van der Waals surface area contributed by atoms with Crippen LogP contribution >= 0.6 is 0 Å². The fourth-order valence-electron chi connectivity index (χ4n) is 1.55. The van der Waals surface area contributed by atoms with E-state index in [2.05, 4.69) is 19.2 Å². The summed E-state index contributed by atoms with van der Waals surface area (Å²) in [5.74, 6) is 1.25. The van der Waals surface area contributed by atoms with E-state index in [9.17, 15) is 8.42 Å². The van der Waals surface area contributed by atoms with E-state index in [1.165, 1.54) is 20.2 Å². The highest BCUT2D eigenvalue weighted by molar-refractivity contribution is 7.88. The fourth-order valence-corrected chi connectivity index (χ4v) is 2.36. The molecule has 0 aliphatic carbocycles. The molecule has 0 unspecified atom stereocenters. The Bertz CT molecular complexity index is 509. The van der Waals surface area contributed by atoms with Gasteiger partial charge >= 0.3 is 0 Å². The van der Waals surface area contributed by atoms with Crippen molar-refractivity contribution in [2.24, 2.45) is 5.92 Å². The molecule has 7 heteroatoms. The quantitative estimate of drug-likeness (QED) is 0.665. The summed E-state index contributed by atoms with van der Waals surface area (Å²) in [4.78, 5) is 0. The van der Waals surface area contributed by atoms with Gasteiger partial charge in [-0.2, -0.15) is 0 Å². The molecule has 0 aliphatic rings. The summed E-state index contributed by atoms with van der Waals surface area (Å²) in [5.41, 5.74) is 0. The molecule has 1 N–H and O–H groups in total. The van der Waals surface area contributed by atoms with E-state index in [0.29, 0.717) is 31.4 Å². The zero-order chi connectivity index (χ0) is 15.9. The summed E-state index contributed by atoms with van der Waals surface area (Å²) in [5, 5.41) is 3.13. The standard InChI is InChI=1S/C14H26N2O4S/c1-12(2)7-9-19-10-8-15-11-13-5-6-14(20-13)21(17,18)16(3)4/h5-6,12,15H,7-11H2,1-4H3. The molecule has 1 aromatic heterocycles. The largest absolute Gasteiger partial charge is 0.447 e. The summed E-state index contributed by atoms with van der Waals surface area (Å²) in [6.45, 7) is 6.92. The lowest BCUT2D eigenvalue weighted by atomic mass is 10.1. The van der Waals surface area contributed by atoms with E-state index in [0.717, 1.165) is 17.3 Å². The van der Waals surface area contributed by atoms with Gasteiger partial charge in [0.15, 0.2) is 0 Å². The Balaban J connectivity index is 2.27. The molecule has 122 valence electrons. The number of furan rings is 1. The third-order valence-electron chi connectivity index (χ3n) is 2.93. The number of hydrogen-bond donors (Lipinski definition) is 1. The van der Waals surface area contributed by atoms with Crippen molar-refractivity contribution in [2.75, 3.05) is 33.9 Å². The molecule has 1 aromatic rings. The number of ether oxygens (including phenoxy) is 1. The van der Waals surface area contributed by atoms with E-state index in [1.807, 2.05) is 0 Å². The van der Waals surface area contributed by atoms with Crippen LogP contribution in [0, 0.1) is 5.92 Å². The van der Waals surface area contributed by atoms with Gasteiger partial charge in [0.05, 0.1) is 13.2 Å². The van der Waals surface area contributed by atoms with Gasteiger partial charge in [0.25, 0.3) is 10.0 Å². The molecule has 0 bridgehead atoms. The van der Waals surface area contributed by atoms with E-state index in [-0.39, 0.29) is 5.09 Å². The third kappa shape index (κ3) is 6.17. The van der Waals surface area contributed by atoms with E-state index in [1.54, 1.807) is 6.07 Å². The van der Waals surface area contributed by atoms with Crippen molar-refractivity contribution in [3.05, 3.63) is 17.9 Å². The predicted molar refractivity (Wildman–Crippen MR) is 81.6 cm³/mol. The number of nitrogens with one attached hydrogen (secondary N) is 1. The molecule has 0 spiro atoms. The molecule has 0 amide bonds. The fraction of sp³-hybridized carbons (Fsp3) is 0.714. The van der Waals surface area contributed by atoms with Gasteiger partial charge in [-0.1, -0.05) is 13.8 Å². The van der Waals surface area contributed by atoms with Crippen molar-refractivity contribution in [1.29, 1.82) is 0 Å². The highest BCUT2D eigenvalue weighted by Gasteiger charge is 2.21. The van der Waals surface area contributed by atoms with Crippen LogP contribution in [0.3, 0.4) is 0 Å². The van der Waals surface area contributed by atoms with Gasteiger partial charge in [0.1, 0.15) is 5.76 Å². The van der Waals surface area contributed by atoms with Crippen molar-refractivity contribution in [2.45, 2.75) is 31.9 Å². The van der Waals surface area contributed by atoms with Gasteiger partial charge in [0, 0.05) is 27.2 Å². The van der Waals surface area contributed by atoms with Gasteiger partial charge in [-0.15, -0.1) is 0 Å². The molecule has 0 aliphatic heterocycles. The Kier molecular flexibility index (Phi) is 7.37. The zero-order valence-corrected chi connectivity index (χ0v) is 14.1. The molecular formula is C14H26N2O4S. The first-order valence-electron chi connectivity index (χ1n) is 7.13. The molecule has 0 atom stereocenters. The molecule has 1 rings (SSSR count). The Morgan fingerprint density at radius 1 is 1.29 bits per heavy atom. The molecule has 21 heavy (non-hydrogen) atoms. The minimum Gasteiger partial charge on any atom is -0.447 e. The molecule has 1 heterocycles. The second kappa shape index (κ2) is 8.53. The van der Waals surface area contributed by atoms with Crippen LogP contribution in [0.5, 0.6) is 0 Å². The van der Waals surface area contributed by atoms with Crippen molar-refractivity contribution in [3.63, 3.8) is 0 Å². The molecular weight excluding hydrogens is 292 g/mol. The van der Waals surface area contributed by atoms with E-state index >= 15 is 0 Å². The van der Waals surface area contributed by atoms with Gasteiger partial charge in [-0.05, 0) is 24.5 Å². The SMILES string of the molecule is CC(C)CCOCCNCc1ccc(S(=O)(=O)N(C)C)o1. The smallest absolute Gasteiger partial charge is 0.275 e. The summed E-state index contributed by atoms with van der Waals surface area (Å²) >= 11 is 0. The van der Waals surface area contributed by atoms with Crippen LogP contribution < -0.4 is 5.32 Å². The number of nitrogens with zero attached hydrogens (tertiary/aromatic N) is 1. The first-order valence-corrected chi connectivity index (χ1v) is 8.57. The average Bonchev–Trinajstić information content (AvgIpc) is 2.86. The molecule has 6 nitrogen and oxygen atoms in total. The highest BCUT2D eigenvalue weighted by Crippen LogP contribution is 2.16. The lowest BCUT2D eigenvalue weighted by molar-refractivity contribution is 0.124. The minimum atomic E-state index is -3.49. The van der Waals surface area contributed by atoms with Gasteiger partial charge in [-0.3, -0.25) is 0 Å². The van der Waals surface area contributed by atoms with Crippen molar-refractivity contribution in [1.82, 2.24) is 9.62 Å². The predicted octanol–water partition coefficient (Wildman–Crippen LogP) is 1.68. The summed E-state index contributed by atoms with van der Waals surface area (Å²) < 4.78 is 35.6. The Morgan fingerprint density at radius 3 is 2.62 bits per heavy atom. The Labute approximate surface area is 127 Å². The second-order valence-electron chi connectivity index (χ2n) is 5.48. The first-order chi connectivity index (χ1) is 9.84. The molecule has 0 fully saturated rings. The topological polar surface area (TPSA) is 71.8 Å². The normalized spacial score (nSPS) is 12.5. The number of hydrogen-bond acceptors (Lipinski definition) is 5. The Morgan fingerprint density at radius 2 is 2.00 bits per heavy atom. The van der Waals surface area contributed by atoms with Crippen LogP contribution in [-0.4, -0.2) is 46.6 Å². The van der Waals surface area contributed by atoms with E-state index in [4.69, 9.17) is 9.15 Å². The van der Waals surface area contributed by atoms with E-state index < -0.39 is 10.0 Å². The maximum absolute atomic E-state index is 11.8. The maximum atomic E-state index is 11.8. The van der Waals surface area contributed by atoms with Crippen LogP contribution in [0.25, 0.3) is 0 Å². The summed E-state index contributed by atoms with van der Waals surface area (Å²) in [6.07, 6.45) is 1.06. The second-order valence-corrected chi connectivity index (χ2v) is 7.56. The summed E-state index contributed by atoms with van der Waals surface area (Å²) in [6, 6.07) is 3.15. The lowest BCUT2D eigenvalue weighted by Crippen LogP contribution is -2.21. The number of sulfonamides is 1. The van der Waals surface area contributed by atoms with Crippen molar-refractivity contribution >= 4 is 10.0 Å². The average molecular weight is 318 g/mol. The van der Waals surface area contributed by atoms with Gasteiger partial charge in [-0.25, -0.2) is 12.7 Å². The highest BCUT2D eigenvalue weighted by atomic mass is 32.2. The minimum absolute atomic E-state index is 0.0301. The summed E-state index contributed by atoms with van der Waals surface area (Å²) in [7, 11) is -0.540. The van der Waals surface area contributed by atoms with Crippen LogP contribution in [0.1, 0.15) is 26.0 Å². The monoisotopic (exact) mass is 318 g/mol. The van der Waals surface area contributed by atoms with Crippen molar-refractivity contribution in [3.8, 4) is 0 Å². The van der Waals surface area contributed by atoms with Crippen LogP contribution in [0.4, 0.5) is 0 Å². The maximum Gasteiger partial charge on any atom is 0.275 e. The lowest BCUT2D eigenvalue weighted by Gasteiger charge is -2.08. The Hall–Kier alpha value is -0.890. The van der Waals surface area contributed by atoms with Crippen LogP contribution in [0.15, 0.2) is 21.6 Å². The van der Waals surface area contributed by atoms with Gasteiger partial charge < -0.3 is 14.5 Å². The zero-order valence-electron chi connectivity index (χ0n) is 13.3. The molecule has 0 radical (unpaired) electrons. The molecule has 0 aromatic carbocycles. The molecule has 0 saturated carbocycles. The number of rotatable bonds is 10. The molecule has 0 saturated heterocycles. The van der Waals surface area contributed by atoms with Crippen molar-refractivity contribution < 1.29 is 17.6 Å². The first kappa shape index (κ1) is 18.2. The van der Waals surface area contributed by atoms with Crippen LogP contribution in [-0.2, 0) is 21.3 Å².